The van der Waals surface area contributed by atoms with Crippen LogP contribution in [0.2, 0.25) is 0 Å². The summed E-state index contributed by atoms with van der Waals surface area (Å²) in [5.74, 6) is 0. The molecule has 0 aliphatic carbocycles. The molecule has 1 aliphatic heterocycles. The molecule has 11 heavy (non-hydrogen) atoms. The molecule has 3 heteroatoms. The molecule has 2 heterocycles. The highest BCUT2D eigenvalue weighted by Crippen LogP contribution is 2.16. The highest BCUT2D eigenvalue weighted by atomic mass is 16.5. The summed E-state index contributed by atoms with van der Waals surface area (Å²) in [7, 11) is 0. The molecule has 2 rings (SSSR count). The minimum absolute atomic E-state index is 0.688. The van der Waals surface area contributed by atoms with E-state index < -0.39 is 0 Å². The van der Waals surface area contributed by atoms with E-state index in [0.717, 1.165) is 5.56 Å². The summed E-state index contributed by atoms with van der Waals surface area (Å²) >= 11 is 0. The molecule has 56 valence electrons. The van der Waals surface area contributed by atoms with Gasteiger partial charge in [0.15, 0.2) is 0 Å². The van der Waals surface area contributed by atoms with Crippen molar-refractivity contribution in [3.63, 3.8) is 0 Å². The molecule has 0 aromatic carbocycles. The van der Waals surface area contributed by atoms with Gasteiger partial charge in [0.1, 0.15) is 6.33 Å². The van der Waals surface area contributed by atoms with Crippen LogP contribution in [-0.2, 0) is 4.74 Å². The number of aromatic nitrogens is 2. The highest BCUT2D eigenvalue weighted by molar-refractivity contribution is 5.66. The Balaban J connectivity index is 2.29. The molecule has 1 aromatic rings. The van der Waals surface area contributed by atoms with Crippen molar-refractivity contribution in [3.05, 3.63) is 30.4 Å². The molecule has 0 unspecified atom stereocenters. The van der Waals surface area contributed by atoms with Gasteiger partial charge in [0.25, 0.3) is 0 Å². The second-order valence-corrected chi connectivity index (χ2v) is 2.37. The molecule has 0 radical (unpaired) electrons. The van der Waals surface area contributed by atoms with E-state index in [1.54, 1.807) is 12.4 Å². The third-order valence-electron chi connectivity index (χ3n) is 1.64. The molecule has 0 saturated heterocycles. The zero-order valence-corrected chi connectivity index (χ0v) is 6.03. The van der Waals surface area contributed by atoms with Gasteiger partial charge in [-0.15, -0.1) is 0 Å². The third kappa shape index (κ3) is 1.28. The lowest BCUT2D eigenvalue weighted by atomic mass is 10.1. The maximum atomic E-state index is 5.16. The van der Waals surface area contributed by atoms with Gasteiger partial charge >= 0.3 is 0 Å². The predicted molar refractivity (Wildman–Crippen MR) is 40.8 cm³/mol. The minimum Gasteiger partial charge on any atom is -0.373 e. The molecule has 0 amide bonds. The van der Waals surface area contributed by atoms with Gasteiger partial charge in [-0.1, -0.05) is 6.08 Å². The Morgan fingerprint density at radius 1 is 1.27 bits per heavy atom. The zero-order valence-electron chi connectivity index (χ0n) is 6.03. The van der Waals surface area contributed by atoms with Crippen LogP contribution < -0.4 is 0 Å². The number of hydrogen-bond acceptors (Lipinski definition) is 3. The van der Waals surface area contributed by atoms with Crippen LogP contribution in [0.4, 0.5) is 0 Å². The monoisotopic (exact) mass is 148 g/mol. The maximum absolute atomic E-state index is 5.16. The van der Waals surface area contributed by atoms with Crippen LogP contribution in [0.25, 0.3) is 5.57 Å². The smallest absolute Gasteiger partial charge is 0.115 e. The van der Waals surface area contributed by atoms with Gasteiger partial charge in [0.2, 0.25) is 0 Å². The van der Waals surface area contributed by atoms with Crippen molar-refractivity contribution >= 4 is 5.57 Å². The van der Waals surface area contributed by atoms with Gasteiger partial charge < -0.3 is 4.74 Å². The van der Waals surface area contributed by atoms with Gasteiger partial charge in [-0.2, -0.15) is 0 Å². The molecule has 1 aliphatic rings. The molecule has 3 nitrogen and oxygen atoms in total. The van der Waals surface area contributed by atoms with Crippen molar-refractivity contribution in [1.82, 2.24) is 9.97 Å². The van der Waals surface area contributed by atoms with Crippen molar-refractivity contribution in [1.29, 1.82) is 0 Å². The first kappa shape index (κ1) is 6.49. The molecule has 0 N–H and O–H groups in total. The van der Waals surface area contributed by atoms with Crippen LogP contribution in [0.3, 0.4) is 0 Å². The lowest BCUT2D eigenvalue weighted by Gasteiger charge is -1.97. The number of nitrogens with zero attached hydrogens (tertiary/aromatic N) is 2. The second kappa shape index (κ2) is 2.80. The zero-order chi connectivity index (χ0) is 7.52. The molecular weight excluding hydrogens is 140 g/mol. The Labute approximate surface area is 64.7 Å². The predicted octanol–water partition coefficient (Wildman–Crippen LogP) is 0.890. The molecule has 0 atom stereocenters. The van der Waals surface area contributed by atoms with E-state index in [4.69, 9.17) is 4.74 Å². The summed E-state index contributed by atoms with van der Waals surface area (Å²) in [6.45, 7) is 1.40. The second-order valence-electron chi connectivity index (χ2n) is 2.37. The summed E-state index contributed by atoms with van der Waals surface area (Å²) in [4.78, 5) is 7.84. The SMILES string of the molecule is C1=C(c2cncnc2)COC1. The number of rotatable bonds is 1. The Morgan fingerprint density at radius 2 is 2.09 bits per heavy atom. The van der Waals surface area contributed by atoms with Gasteiger partial charge in [-0.3, -0.25) is 0 Å². The van der Waals surface area contributed by atoms with Crippen molar-refractivity contribution in [2.24, 2.45) is 0 Å². The first-order valence-corrected chi connectivity index (χ1v) is 3.49. The Bertz CT molecular complexity index is 269. The standard InChI is InChI=1S/C8H8N2O/c1-2-11-5-7(1)8-3-9-6-10-4-8/h1,3-4,6H,2,5H2. The molecule has 0 bridgehead atoms. The van der Waals surface area contributed by atoms with Gasteiger partial charge in [0.05, 0.1) is 13.2 Å². The Hall–Kier alpha value is -1.22. The Morgan fingerprint density at radius 3 is 2.73 bits per heavy atom. The Kier molecular flexibility index (Phi) is 1.65. The molecule has 0 fully saturated rings. The van der Waals surface area contributed by atoms with Crippen LogP contribution in [-0.4, -0.2) is 23.2 Å². The van der Waals surface area contributed by atoms with Gasteiger partial charge in [-0.25, -0.2) is 9.97 Å². The van der Waals surface area contributed by atoms with E-state index >= 15 is 0 Å². The van der Waals surface area contributed by atoms with Crippen LogP contribution in [0, 0.1) is 0 Å². The molecule has 0 spiro atoms. The fraction of sp³-hybridized carbons (Fsp3) is 0.250. The first-order valence-electron chi connectivity index (χ1n) is 3.49. The first-order chi connectivity index (χ1) is 5.47. The number of hydrogen-bond donors (Lipinski definition) is 0. The summed E-state index contributed by atoms with van der Waals surface area (Å²) in [6, 6.07) is 0. The van der Waals surface area contributed by atoms with Crippen molar-refractivity contribution < 1.29 is 4.74 Å². The minimum atomic E-state index is 0.688. The van der Waals surface area contributed by atoms with E-state index in [0.29, 0.717) is 13.2 Å². The van der Waals surface area contributed by atoms with Crippen molar-refractivity contribution in [2.45, 2.75) is 0 Å². The van der Waals surface area contributed by atoms with E-state index in [1.165, 1.54) is 11.9 Å². The quantitative estimate of drug-likeness (QED) is 0.593. The van der Waals surface area contributed by atoms with Crippen LogP contribution in [0.1, 0.15) is 5.56 Å². The van der Waals surface area contributed by atoms with E-state index in [9.17, 15) is 0 Å². The van der Waals surface area contributed by atoms with E-state index in [-0.39, 0.29) is 0 Å². The fourth-order valence-corrected chi connectivity index (χ4v) is 1.05. The van der Waals surface area contributed by atoms with Crippen molar-refractivity contribution in [3.8, 4) is 0 Å². The van der Waals surface area contributed by atoms with Crippen LogP contribution in [0.15, 0.2) is 24.8 Å². The average Bonchev–Trinajstić information content (AvgIpc) is 2.58. The summed E-state index contributed by atoms with van der Waals surface area (Å²) in [6.07, 6.45) is 7.18. The van der Waals surface area contributed by atoms with Crippen molar-refractivity contribution in [2.75, 3.05) is 13.2 Å². The molecule has 0 saturated carbocycles. The highest BCUT2D eigenvalue weighted by Gasteiger charge is 2.06. The van der Waals surface area contributed by atoms with E-state index in [1.807, 2.05) is 0 Å². The van der Waals surface area contributed by atoms with Crippen LogP contribution in [0.5, 0.6) is 0 Å². The summed E-state index contributed by atoms with van der Waals surface area (Å²) in [5.41, 5.74) is 2.25. The van der Waals surface area contributed by atoms with Gasteiger partial charge in [0, 0.05) is 18.0 Å². The lowest BCUT2D eigenvalue weighted by molar-refractivity contribution is 0.216. The number of ether oxygens (including phenoxy) is 1. The van der Waals surface area contributed by atoms with Crippen LogP contribution >= 0.6 is 0 Å². The third-order valence-corrected chi connectivity index (χ3v) is 1.64. The fourth-order valence-electron chi connectivity index (χ4n) is 1.05. The largest absolute Gasteiger partial charge is 0.373 e. The topological polar surface area (TPSA) is 35.0 Å². The average molecular weight is 148 g/mol. The summed E-state index contributed by atoms with van der Waals surface area (Å²) < 4.78 is 5.16. The summed E-state index contributed by atoms with van der Waals surface area (Å²) in [5, 5.41) is 0. The normalized spacial score (nSPS) is 16.5. The molecular formula is C8H8N2O. The van der Waals surface area contributed by atoms with E-state index in [2.05, 4.69) is 16.0 Å². The van der Waals surface area contributed by atoms with Gasteiger partial charge in [-0.05, 0) is 5.57 Å². The lowest BCUT2D eigenvalue weighted by Crippen LogP contribution is -1.89. The molecule has 1 aromatic heterocycles. The maximum Gasteiger partial charge on any atom is 0.115 e.